The van der Waals surface area contributed by atoms with E-state index in [1.165, 1.54) is 0 Å². The summed E-state index contributed by atoms with van der Waals surface area (Å²) in [6, 6.07) is 0. The van der Waals surface area contributed by atoms with E-state index in [9.17, 15) is 5.11 Å². The second kappa shape index (κ2) is 7.60. The Morgan fingerprint density at radius 1 is 1.06 bits per heavy atom. The molecular weight excluding hydrogens is 204 g/mol. The van der Waals surface area contributed by atoms with Crippen LogP contribution in [0.15, 0.2) is 24.3 Å². The summed E-state index contributed by atoms with van der Waals surface area (Å²) in [6.45, 7) is 15.9. The summed E-state index contributed by atoms with van der Waals surface area (Å²) in [4.78, 5) is 0. The average Bonchev–Trinajstić information content (AvgIpc) is 2.21. The minimum Gasteiger partial charge on any atom is -0.374 e. The first-order chi connectivity index (χ1) is 7.34. The lowest BCUT2D eigenvalue weighted by Gasteiger charge is -2.25. The summed E-state index contributed by atoms with van der Waals surface area (Å²) >= 11 is 0. The van der Waals surface area contributed by atoms with Crippen LogP contribution in [0.1, 0.15) is 27.7 Å². The zero-order valence-electron chi connectivity index (χ0n) is 10.8. The Balaban J connectivity index is 3.95. The number of ether oxygens (including phenoxy) is 2. The van der Waals surface area contributed by atoms with Crippen LogP contribution in [-0.4, -0.2) is 30.7 Å². The van der Waals surface area contributed by atoms with E-state index >= 15 is 0 Å². The number of rotatable bonds is 8. The van der Waals surface area contributed by atoms with E-state index in [4.69, 9.17) is 9.47 Å². The van der Waals surface area contributed by atoms with E-state index in [2.05, 4.69) is 13.2 Å². The Bertz CT molecular complexity index is 211. The highest BCUT2D eigenvalue weighted by Gasteiger charge is 2.21. The minimum atomic E-state index is -0.822. The van der Waals surface area contributed by atoms with Gasteiger partial charge < -0.3 is 14.6 Å². The fourth-order valence-electron chi connectivity index (χ4n) is 1.04. The molecule has 0 radical (unpaired) electrons. The quantitative estimate of drug-likeness (QED) is 0.512. The fraction of sp³-hybridized carbons (Fsp3) is 0.692. The largest absolute Gasteiger partial charge is 0.374 e. The van der Waals surface area contributed by atoms with Gasteiger partial charge in [0.1, 0.15) is 0 Å². The molecule has 3 atom stereocenters. The molecule has 16 heavy (non-hydrogen) atoms. The molecule has 94 valence electrons. The SMILES string of the molecule is C=C(C)COC(C)C(C)C(O)OCC(=C)C. The van der Waals surface area contributed by atoms with Crippen molar-refractivity contribution in [2.24, 2.45) is 5.92 Å². The lowest BCUT2D eigenvalue weighted by molar-refractivity contribution is -0.152. The molecule has 1 N–H and O–H groups in total. The molecular formula is C13H24O3. The summed E-state index contributed by atoms with van der Waals surface area (Å²) < 4.78 is 10.8. The van der Waals surface area contributed by atoms with Gasteiger partial charge in [-0.15, -0.1) is 0 Å². The Morgan fingerprint density at radius 3 is 1.94 bits per heavy atom. The van der Waals surface area contributed by atoms with Crippen molar-refractivity contribution < 1.29 is 14.6 Å². The van der Waals surface area contributed by atoms with Crippen LogP contribution in [-0.2, 0) is 9.47 Å². The first-order valence-electron chi connectivity index (χ1n) is 5.54. The third-order valence-electron chi connectivity index (χ3n) is 2.28. The zero-order chi connectivity index (χ0) is 12.7. The predicted octanol–water partition coefficient (Wildman–Crippen LogP) is 2.51. The van der Waals surface area contributed by atoms with Crippen molar-refractivity contribution in [3.63, 3.8) is 0 Å². The van der Waals surface area contributed by atoms with Gasteiger partial charge in [0.05, 0.1) is 19.3 Å². The van der Waals surface area contributed by atoms with E-state index in [-0.39, 0.29) is 12.0 Å². The van der Waals surface area contributed by atoms with Crippen molar-refractivity contribution in [1.29, 1.82) is 0 Å². The molecule has 0 rings (SSSR count). The zero-order valence-corrected chi connectivity index (χ0v) is 10.8. The molecule has 0 saturated carbocycles. The van der Waals surface area contributed by atoms with Gasteiger partial charge in [0.2, 0.25) is 0 Å². The first kappa shape index (κ1) is 15.4. The van der Waals surface area contributed by atoms with E-state index in [1.54, 1.807) is 0 Å². The Morgan fingerprint density at radius 2 is 1.50 bits per heavy atom. The van der Waals surface area contributed by atoms with Gasteiger partial charge >= 0.3 is 0 Å². The van der Waals surface area contributed by atoms with Crippen molar-refractivity contribution in [2.45, 2.75) is 40.1 Å². The van der Waals surface area contributed by atoms with Gasteiger partial charge in [0.15, 0.2) is 6.29 Å². The van der Waals surface area contributed by atoms with Crippen LogP contribution in [0.25, 0.3) is 0 Å². The van der Waals surface area contributed by atoms with E-state index in [0.717, 1.165) is 11.1 Å². The lowest BCUT2D eigenvalue weighted by atomic mass is 10.1. The maximum absolute atomic E-state index is 9.74. The monoisotopic (exact) mass is 228 g/mol. The topological polar surface area (TPSA) is 38.7 Å². The molecule has 0 fully saturated rings. The lowest BCUT2D eigenvalue weighted by Crippen LogP contribution is -2.32. The van der Waals surface area contributed by atoms with E-state index in [1.807, 2.05) is 27.7 Å². The molecule has 0 aromatic heterocycles. The molecule has 0 aliphatic carbocycles. The summed E-state index contributed by atoms with van der Waals surface area (Å²) in [7, 11) is 0. The second-order valence-corrected chi connectivity index (χ2v) is 4.49. The van der Waals surface area contributed by atoms with Crippen LogP contribution in [0.2, 0.25) is 0 Å². The highest BCUT2D eigenvalue weighted by molar-refractivity contribution is 4.89. The van der Waals surface area contributed by atoms with Crippen LogP contribution in [0.5, 0.6) is 0 Å². The fourth-order valence-corrected chi connectivity index (χ4v) is 1.04. The van der Waals surface area contributed by atoms with Crippen molar-refractivity contribution in [2.75, 3.05) is 13.2 Å². The Kier molecular flexibility index (Phi) is 7.30. The van der Waals surface area contributed by atoms with Crippen molar-refractivity contribution in [3.8, 4) is 0 Å². The molecule has 0 heterocycles. The maximum atomic E-state index is 9.74. The summed E-state index contributed by atoms with van der Waals surface area (Å²) in [5.41, 5.74) is 1.86. The van der Waals surface area contributed by atoms with Gasteiger partial charge in [-0.05, 0) is 20.8 Å². The minimum absolute atomic E-state index is 0.0724. The second-order valence-electron chi connectivity index (χ2n) is 4.49. The number of hydrogen-bond donors (Lipinski definition) is 1. The van der Waals surface area contributed by atoms with Crippen molar-refractivity contribution in [3.05, 3.63) is 24.3 Å². The summed E-state index contributed by atoms with van der Waals surface area (Å²) in [5, 5.41) is 9.74. The van der Waals surface area contributed by atoms with Crippen LogP contribution in [0.3, 0.4) is 0 Å². The third-order valence-corrected chi connectivity index (χ3v) is 2.28. The molecule has 3 unspecified atom stereocenters. The van der Waals surface area contributed by atoms with Crippen LogP contribution in [0.4, 0.5) is 0 Å². The van der Waals surface area contributed by atoms with Crippen LogP contribution < -0.4 is 0 Å². The van der Waals surface area contributed by atoms with E-state index < -0.39 is 6.29 Å². The first-order valence-corrected chi connectivity index (χ1v) is 5.54. The van der Waals surface area contributed by atoms with Crippen LogP contribution >= 0.6 is 0 Å². The van der Waals surface area contributed by atoms with Gasteiger partial charge in [0.25, 0.3) is 0 Å². The van der Waals surface area contributed by atoms with Crippen molar-refractivity contribution >= 4 is 0 Å². The molecule has 0 spiro atoms. The predicted molar refractivity (Wildman–Crippen MR) is 66.2 cm³/mol. The molecule has 0 aliphatic rings. The number of hydrogen-bond acceptors (Lipinski definition) is 3. The summed E-state index contributed by atoms with van der Waals surface area (Å²) in [6.07, 6.45) is -0.895. The van der Waals surface area contributed by atoms with E-state index in [0.29, 0.717) is 13.2 Å². The molecule has 0 aliphatic heterocycles. The molecule has 0 saturated heterocycles. The average molecular weight is 228 g/mol. The third kappa shape index (κ3) is 6.77. The molecule has 0 bridgehead atoms. The van der Waals surface area contributed by atoms with Gasteiger partial charge in [0, 0.05) is 5.92 Å². The molecule has 0 aromatic carbocycles. The normalized spacial score (nSPS) is 16.6. The van der Waals surface area contributed by atoms with Crippen LogP contribution in [0, 0.1) is 5.92 Å². The molecule has 3 nitrogen and oxygen atoms in total. The van der Waals surface area contributed by atoms with Gasteiger partial charge in [-0.3, -0.25) is 0 Å². The molecule has 0 aromatic rings. The van der Waals surface area contributed by atoms with Gasteiger partial charge in [-0.2, -0.15) is 0 Å². The Hall–Kier alpha value is -0.640. The van der Waals surface area contributed by atoms with Gasteiger partial charge in [-0.1, -0.05) is 31.2 Å². The molecule has 0 amide bonds. The summed E-state index contributed by atoms with van der Waals surface area (Å²) in [5.74, 6) is -0.0845. The smallest absolute Gasteiger partial charge is 0.159 e. The number of aliphatic hydroxyl groups excluding tert-OH is 1. The van der Waals surface area contributed by atoms with Crippen molar-refractivity contribution in [1.82, 2.24) is 0 Å². The maximum Gasteiger partial charge on any atom is 0.159 e. The highest BCUT2D eigenvalue weighted by atomic mass is 16.6. The number of aliphatic hydroxyl groups is 1. The highest BCUT2D eigenvalue weighted by Crippen LogP contribution is 2.14. The van der Waals surface area contributed by atoms with Gasteiger partial charge in [-0.25, -0.2) is 0 Å². The standard InChI is InChI=1S/C13H24O3/c1-9(2)7-15-12(6)11(5)13(14)16-8-10(3)4/h11-14H,1,3,7-8H2,2,4-6H3. The Labute approximate surface area is 98.8 Å². The molecule has 3 heteroatoms.